The van der Waals surface area contributed by atoms with Crippen LogP contribution < -0.4 is 16.5 Å². The van der Waals surface area contributed by atoms with Gasteiger partial charge in [0.25, 0.3) is 0 Å². The second-order valence-electron chi connectivity index (χ2n) is 3.74. The highest BCUT2D eigenvalue weighted by atomic mass is 32.1. The number of rotatable bonds is 5. The molecule has 0 aromatic heterocycles. The van der Waals surface area contributed by atoms with Crippen molar-refractivity contribution in [2.45, 2.75) is 17.9 Å². The fourth-order valence-corrected chi connectivity index (χ4v) is 1.51. The number of amidine groups is 1. The first-order valence-electron chi connectivity index (χ1n) is 5.63. The Balaban J connectivity index is 2.99. The third-order valence-electron chi connectivity index (χ3n) is 2.44. The largest absolute Gasteiger partial charge is 0.382 e. The van der Waals surface area contributed by atoms with Gasteiger partial charge in [-0.25, -0.2) is 4.99 Å². The van der Waals surface area contributed by atoms with Crippen molar-refractivity contribution in [1.82, 2.24) is 10.7 Å². The molecule has 0 aliphatic carbocycles. The van der Waals surface area contributed by atoms with E-state index in [1.807, 2.05) is 38.2 Å². The van der Waals surface area contributed by atoms with Crippen molar-refractivity contribution in [2.24, 2.45) is 15.8 Å². The van der Waals surface area contributed by atoms with Crippen molar-refractivity contribution in [1.29, 1.82) is 0 Å². The van der Waals surface area contributed by atoms with Gasteiger partial charge in [-0.05, 0) is 38.2 Å². The van der Waals surface area contributed by atoms with Crippen LogP contribution in [-0.2, 0) is 0 Å². The number of nitrogens with one attached hydrogen (secondary N) is 2. The molecular formula is C12H19N5S. The molecule has 0 fully saturated rings. The first-order chi connectivity index (χ1) is 8.58. The molecule has 1 aromatic rings. The van der Waals surface area contributed by atoms with Crippen LogP contribution >= 0.6 is 12.6 Å². The van der Waals surface area contributed by atoms with Gasteiger partial charge < -0.3 is 16.5 Å². The Hall–Kier alpha value is -1.53. The molecule has 5 nitrogen and oxygen atoms in total. The van der Waals surface area contributed by atoms with Gasteiger partial charge in [-0.1, -0.05) is 0 Å². The molecule has 0 bridgehead atoms. The maximum absolute atomic E-state index is 5.97. The van der Waals surface area contributed by atoms with Gasteiger partial charge in [-0.15, -0.1) is 12.6 Å². The minimum atomic E-state index is 0.0188. The molecule has 18 heavy (non-hydrogen) atoms. The Morgan fingerprint density at radius 1 is 1.28 bits per heavy atom. The summed E-state index contributed by atoms with van der Waals surface area (Å²) in [6, 6.07) is 7.47. The number of aliphatic imine (C=N–C) groups is 1. The molecule has 1 atom stereocenters. The van der Waals surface area contributed by atoms with Crippen LogP contribution in [0.25, 0.3) is 0 Å². The summed E-state index contributed by atoms with van der Waals surface area (Å²) < 4.78 is 0. The minimum Gasteiger partial charge on any atom is -0.382 e. The van der Waals surface area contributed by atoms with E-state index in [-0.39, 0.29) is 6.04 Å². The predicted octanol–water partition coefficient (Wildman–Crippen LogP) is 1.15. The molecule has 1 rings (SSSR count). The minimum absolute atomic E-state index is 0.0188. The quantitative estimate of drug-likeness (QED) is 0.279. The second kappa shape index (κ2) is 7.03. The molecule has 0 spiro atoms. The first-order valence-corrected chi connectivity index (χ1v) is 6.08. The van der Waals surface area contributed by atoms with Gasteiger partial charge in [0.05, 0.1) is 11.7 Å². The van der Waals surface area contributed by atoms with Gasteiger partial charge in [-0.2, -0.15) is 5.10 Å². The van der Waals surface area contributed by atoms with Crippen LogP contribution in [-0.4, -0.2) is 31.7 Å². The SMILES string of the molecule is CN/N=C(\C(N)=Nc1ccc(S)cc1)C(C)NC. The molecule has 0 radical (unpaired) electrons. The van der Waals surface area contributed by atoms with Gasteiger partial charge >= 0.3 is 0 Å². The number of nitrogens with zero attached hydrogens (tertiary/aromatic N) is 2. The lowest BCUT2D eigenvalue weighted by Crippen LogP contribution is -2.40. The van der Waals surface area contributed by atoms with Crippen LogP contribution in [0.2, 0.25) is 0 Å². The molecule has 0 saturated carbocycles. The van der Waals surface area contributed by atoms with Crippen LogP contribution in [0, 0.1) is 0 Å². The average molecular weight is 265 g/mol. The summed E-state index contributed by atoms with van der Waals surface area (Å²) in [4.78, 5) is 5.23. The highest BCUT2D eigenvalue weighted by Crippen LogP contribution is 2.15. The summed E-state index contributed by atoms with van der Waals surface area (Å²) in [7, 11) is 3.57. The van der Waals surface area contributed by atoms with E-state index in [9.17, 15) is 0 Å². The van der Waals surface area contributed by atoms with Crippen LogP contribution in [0.4, 0.5) is 5.69 Å². The number of hydrazone groups is 1. The Morgan fingerprint density at radius 3 is 2.39 bits per heavy atom. The number of hydrogen-bond acceptors (Lipinski definition) is 5. The second-order valence-corrected chi connectivity index (χ2v) is 4.26. The summed E-state index contributed by atoms with van der Waals surface area (Å²) in [5.41, 5.74) is 10.2. The maximum atomic E-state index is 5.97. The number of nitrogens with two attached hydrogens (primary N) is 1. The van der Waals surface area contributed by atoms with Crippen molar-refractivity contribution < 1.29 is 0 Å². The van der Waals surface area contributed by atoms with E-state index in [1.54, 1.807) is 7.05 Å². The summed E-state index contributed by atoms with van der Waals surface area (Å²) in [5.74, 6) is 0.387. The molecule has 0 saturated heterocycles. The number of hydrogen-bond donors (Lipinski definition) is 4. The molecule has 0 heterocycles. The Bertz CT molecular complexity index is 438. The smallest absolute Gasteiger partial charge is 0.149 e. The standard InChI is InChI=1S/C12H19N5S/c1-8(14-2)11(17-15-3)12(13)16-9-4-6-10(18)7-5-9/h4-8,14-15,18H,1-3H3,(H2,13,16)/b17-11-. The Labute approximate surface area is 113 Å². The lowest BCUT2D eigenvalue weighted by Gasteiger charge is -2.13. The third kappa shape index (κ3) is 4.05. The Kier molecular flexibility index (Phi) is 5.67. The molecule has 0 aliphatic rings. The van der Waals surface area contributed by atoms with Gasteiger partial charge in [0.1, 0.15) is 11.5 Å². The zero-order valence-electron chi connectivity index (χ0n) is 10.8. The fraction of sp³-hybridized carbons (Fsp3) is 0.333. The van der Waals surface area contributed by atoms with E-state index < -0.39 is 0 Å². The van der Waals surface area contributed by atoms with E-state index in [1.165, 1.54) is 0 Å². The molecule has 0 amide bonds. The normalized spacial score (nSPS) is 14.4. The number of thiol groups is 1. The van der Waals surface area contributed by atoms with E-state index in [0.717, 1.165) is 10.6 Å². The van der Waals surface area contributed by atoms with E-state index >= 15 is 0 Å². The van der Waals surface area contributed by atoms with Crippen LogP contribution in [0.1, 0.15) is 6.92 Å². The van der Waals surface area contributed by atoms with Crippen LogP contribution in [0.3, 0.4) is 0 Å². The van der Waals surface area contributed by atoms with Gasteiger partial charge in [0.15, 0.2) is 0 Å². The predicted molar refractivity (Wildman–Crippen MR) is 80.0 cm³/mol. The lowest BCUT2D eigenvalue weighted by atomic mass is 10.2. The monoisotopic (exact) mass is 265 g/mol. The molecule has 98 valence electrons. The summed E-state index contributed by atoms with van der Waals surface area (Å²) >= 11 is 4.22. The van der Waals surface area contributed by atoms with Gasteiger partial charge in [0, 0.05) is 11.9 Å². The molecule has 6 heteroatoms. The van der Waals surface area contributed by atoms with Crippen molar-refractivity contribution in [2.75, 3.05) is 14.1 Å². The average Bonchev–Trinajstić information content (AvgIpc) is 2.37. The highest BCUT2D eigenvalue weighted by molar-refractivity contribution is 7.80. The third-order valence-corrected chi connectivity index (χ3v) is 2.74. The van der Waals surface area contributed by atoms with Crippen molar-refractivity contribution in [3.05, 3.63) is 24.3 Å². The highest BCUT2D eigenvalue weighted by Gasteiger charge is 2.12. The fourth-order valence-electron chi connectivity index (χ4n) is 1.36. The molecular weight excluding hydrogens is 246 g/mol. The molecule has 1 unspecified atom stereocenters. The van der Waals surface area contributed by atoms with Crippen LogP contribution in [0.5, 0.6) is 0 Å². The van der Waals surface area contributed by atoms with E-state index in [0.29, 0.717) is 11.5 Å². The number of benzene rings is 1. The summed E-state index contributed by atoms with van der Waals surface area (Å²) in [6.45, 7) is 1.97. The van der Waals surface area contributed by atoms with Crippen molar-refractivity contribution >= 4 is 29.9 Å². The van der Waals surface area contributed by atoms with Crippen molar-refractivity contribution in [3.8, 4) is 0 Å². The van der Waals surface area contributed by atoms with Gasteiger partial charge in [-0.3, -0.25) is 0 Å². The molecule has 1 aromatic carbocycles. The topological polar surface area (TPSA) is 74.8 Å². The van der Waals surface area contributed by atoms with E-state index in [2.05, 4.69) is 33.5 Å². The zero-order chi connectivity index (χ0) is 13.5. The zero-order valence-corrected chi connectivity index (χ0v) is 11.7. The first kappa shape index (κ1) is 14.5. The Morgan fingerprint density at radius 2 is 1.89 bits per heavy atom. The molecule has 0 aliphatic heterocycles. The lowest BCUT2D eigenvalue weighted by molar-refractivity contribution is 0.753. The van der Waals surface area contributed by atoms with Gasteiger partial charge in [0.2, 0.25) is 0 Å². The van der Waals surface area contributed by atoms with Crippen molar-refractivity contribution in [3.63, 3.8) is 0 Å². The molecule has 4 N–H and O–H groups in total. The van der Waals surface area contributed by atoms with E-state index in [4.69, 9.17) is 5.73 Å². The summed E-state index contributed by atoms with van der Waals surface area (Å²) in [5, 5.41) is 7.22. The maximum Gasteiger partial charge on any atom is 0.149 e. The van der Waals surface area contributed by atoms with Crippen LogP contribution in [0.15, 0.2) is 39.3 Å². The summed E-state index contributed by atoms with van der Waals surface area (Å²) in [6.07, 6.45) is 0.